The lowest BCUT2D eigenvalue weighted by atomic mass is 10.3. The predicted molar refractivity (Wildman–Crippen MR) is 50.3 cm³/mol. The second-order valence-corrected chi connectivity index (χ2v) is 1.80. The first-order valence-electron chi connectivity index (χ1n) is 4.03. The molecule has 4 nitrogen and oxygen atoms in total. The molecule has 0 unspecified atom stereocenters. The molecular formula is C7H20N4. The van der Waals surface area contributed by atoms with Gasteiger partial charge in [-0.25, -0.2) is 0 Å². The van der Waals surface area contributed by atoms with Crippen molar-refractivity contribution in [3.8, 4) is 0 Å². The van der Waals surface area contributed by atoms with Crippen LogP contribution < -0.4 is 17.2 Å². The van der Waals surface area contributed by atoms with Crippen molar-refractivity contribution in [2.75, 3.05) is 13.1 Å². The number of guanidine groups is 1. The van der Waals surface area contributed by atoms with Gasteiger partial charge in [0, 0.05) is 6.54 Å². The van der Waals surface area contributed by atoms with Gasteiger partial charge in [-0.3, -0.25) is 4.99 Å². The van der Waals surface area contributed by atoms with Crippen LogP contribution >= 0.6 is 0 Å². The Morgan fingerprint density at radius 3 is 2.09 bits per heavy atom. The van der Waals surface area contributed by atoms with Crippen LogP contribution in [0.3, 0.4) is 0 Å². The molecule has 0 aromatic rings. The van der Waals surface area contributed by atoms with E-state index >= 15 is 0 Å². The summed E-state index contributed by atoms with van der Waals surface area (Å²) >= 11 is 0. The van der Waals surface area contributed by atoms with Crippen molar-refractivity contribution in [1.29, 1.82) is 0 Å². The van der Waals surface area contributed by atoms with E-state index < -0.39 is 0 Å². The maximum Gasteiger partial charge on any atom is 0.185 e. The van der Waals surface area contributed by atoms with Gasteiger partial charge in [-0.05, 0) is 19.4 Å². The number of hydrogen-bond acceptors (Lipinski definition) is 2. The highest BCUT2D eigenvalue weighted by atomic mass is 15.0. The Kier molecular flexibility index (Phi) is 14.0. The summed E-state index contributed by atoms with van der Waals surface area (Å²) in [6.07, 6.45) is 1.95. The molecule has 0 rings (SSSR count). The van der Waals surface area contributed by atoms with Crippen LogP contribution in [0.4, 0.5) is 0 Å². The van der Waals surface area contributed by atoms with Gasteiger partial charge in [0.05, 0.1) is 0 Å². The van der Waals surface area contributed by atoms with Crippen LogP contribution in [-0.2, 0) is 0 Å². The second-order valence-electron chi connectivity index (χ2n) is 1.80. The lowest BCUT2D eigenvalue weighted by Gasteiger charge is -1.92. The molecule has 0 bridgehead atoms. The monoisotopic (exact) mass is 160 g/mol. The summed E-state index contributed by atoms with van der Waals surface area (Å²) in [5, 5.41) is 0. The number of aliphatic imine (C=N–C) groups is 1. The zero-order chi connectivity index (χ0) is 9.11. The quantitative estimate of drug-likeness (QED) is 0.308. The van der Waals surface area contributed by atoms with Gasteiger partial charge in [-0.15, -0.1) is 0 Å². The minimum Gasteiger partial charge on any atom is -0.370 e. The predicted octanol–water partition coefficient (Wildman–Crippen LogP) is 0.0249. The molecule has 0 aromatic carbocycles. The third-order valence-electron chi connectivity index (χ3n) is 0.907. The van der Waals surface area contributed by atoms with E-state index in [1.807, 2.05) is 13.8 Å². The summed E-state index contributed by atoms with van der Waals surface area (Å²) < 4.78 is 0. The van der Waals surface area contributed by atoms with Crippen molar-refractivity contribution < 1.29 is 0 Å². The van der Waals surface area contributed by atoms with E-state index in [1.165, 1.54) is 0 Å². The fraction of sp³-hybridized carbons (Fsp3) is 0.857. The third kappa shape index (κ3) is 17.6. The average Bonchev–Trinajstić information content (AvgIpc) is 2.02. The molecular weight excluding hydrogens is 140 g/mol. The molecule has 0 saturated heterocycles. The zero-order valence-electron chi connectivity index (χ0n) is 7.51. The Bertz CT molecular complexity index is 86.4. The maximum absolute atomic E-state index is 5.23. The van der Waals surface area contributed by atoms with Crippen molar-refractivity contribution in [3.63, 3.8) is 0 Å². The van der Waals surface area contributed by atoms with Gasteiger partial charge in [0.25, 0.3) is 0 Å². The summed E-state index contributed by atoms with van der Waals surface area (Å²) in [5.41, 5.74) is 15.4. The molecule has 0 spiro atoms. The van der Waals surface area contributed by atoms with E-state index in [4.69, 9.17) is 17.2 Å². The first-order valence-corrected chi connectivity index (χ1v) is 4.03. The Labute approximate surface area is 68.8 Å². The Balaban J connectivity index is 0. The Morgan fingerprint density at radius 1 is 1.18 bits per heavy atom. The van der Waals surface area contributed by atoms with E-state index in [-0.39, 0.29) is 5.96 Å². The van der Waals surface area contributed by atoms with Crippen LogP contribution in [0.5, 0.6) is 0 Å². The molecule has 0 aromatic heterocycles. The zero-order valence-corrected chi connectivity index (χ0v) is 7.51. The molecule has 0 fully saturated rings. The van der Waals surface area contributed by atoms with Crippen LogP contribution in [0.15, 0.2) is 4.99 Å². The molecule has 0 atom stereocenters. The van der Waals surface area contributed by atoms with Crippen molar-refractivity contribution in [2.24, 2.45) is 22.2 Å². The second kappa shape index (κ2) is 12.0. The van der Waals surface area contributed by atoms with Gasteiger partial charge in [-0.1, -0.05) is 13.8 Å². The molecule has 0 heterocycles. The maximum atomic E-state index is 5.23. The van der Waals surface area contributed by atoms with Gasteiger partial charge >= 0.3 is 0 Å². The van der Waals surface area contributed by atoms with Crippen molar-refractivity contribution in [2.45, 2.75) is 26.7 Å². The van der Waals surface area contributed by atoms with Crippen LogP contribution in [0.2, 0.25) is 0 Å². The van der Waals surface area contributed by atoms with Crippen molar-refractivity contribution >= 4 is 5.96 Å². The smallest absolute Gasteiger partial charge is 0.185 e. The molecule has 0 saturated carbocycles. The largest absolute Gasteiger partial charge is 0.370 e. The minimum absolute atomic E-state index is 0.159. The fourth-order valence-corrected chi connectivity index (χ4v) is 0.464. The number of rotatable bonds is 4. The highest BCUT2D eigenvalue weighted by Gasteiger charge is 1.82. The molecule has 0 amide bonds. The van der Waals surface area contributed by atoms with Crippen molar-refractivity contribution in [3.05, 3.63) is 0 Å². The first kappa shape index (κ1) is 12.9. The standard InChI is InChI=1S/C5H14N4.C2H6/c6-3-1-2-4-9-5(7)8;1-2/h1-4,6H2,(H4,7,8,9);1-2H3. The number of hydrogen-bond donors (Lipinski definition) is 3. The molecule has 0 aliphatic heterocycles. The SMILES string of the molecule is CC.NCCCCN=C(N)N. The molecule has 11 heavy (non-hydrogen) atoms. The van der Waals surface area contributed by atoms with Gasteiger partial charge in [0.1, 0.15) is 0 Å². The molecule has 0 aliphatic rings. The first-order chi connectivity index (χ1) is 5.27. The number of unbranched alkanes of at least 4 members (excludes halogenated alkanes) is 1. The van der Waals surface area contributed by atoms with Gasteiger partial charge in [-0.2, -0.15) is 0 Å². The third-order valence-corrected chi connectivity index (χ3v) is 0.907. The summed E-state index contributed by atoms with van der Waals surface area (Å²) in [7, 11) is 0. The van der Waals surface area contributed by atoms with Crippen LogP contribution in [0.1, 0.15) is 26.7 Å². The lowest BCUT2D eigenvalue weighted by Crippen LogP contribution is -2.23. The van der Waals surface area contributed by atoms with E-state index in [0.717, 1.165) is 12.8 Å². The number of nitrogens with zero attached hydrogens (tertiary/aromatic N) is 1. The van der Waals surface area contributed by atoms with Gasteiger partial charge < -0.3 is 17.2 Å². The molecule has 0 aliphatic carbocycles. The fourth-order valence-electron chi connectivity index (χ4n) is 0.464. The summed E-state index contributed by atoms with van der Waals surface area (Å²) in [5.74, 6) is 0.159. The average molecular weight is 160 g/mol. The normalized spacial score (nSPS) is 7.91. The Morgan fingerprint density at radius 2 is 1.73 bits per heavy atom. The van der Waals surface area contributed by atoms with Gasteiger partial charge in [0.15, 0.2) is 5.96 Å². The van der Waals surface area contributed by atoms with Crippen LogP contribution in [-0.4, -0.2) is 19.0 Å². The van der Waals surface area contributed by atoms with Crippen LogP contribution in [0, 0.1) is 0 Å². The van der Waals surface area contributed by atoms with E-state index in [0.29, 0.717) is 13.1 Å². The summed E-state index contributed by atoms with van der Waals surface area (Å²) in [6, 6.07) is 0. The van der Waals surface area contributed by atoms with Gasteiger partial charge in [0.2, 0.25) is 0 Å². The number of nitrogens with two attached hydrogens (primary N) is 3. The van der Waals surface area contributed by atoms with E-state index in [2.05, 4.69) is 4.99 Å². The molecule has 68 valence electrons. The topological polar surface area (TPSA) is 90.4 Å². The summed E-state index contributed by atoms with van der Waals surface area (Å²) in [6.45, 7) is 5.40. The highest BCUT2D eigenvalue weighted by Crippen LogP contribution is 1.84. The molecule has 4 heteroatoms. The molecule has 0 radical (unpaired) electrons. The van der Waals surface area contributed by atoms with Crippen LogP contribution in [0.25, 0.3) is 0 Å². The Hall–Kier alpha value is -0.770. The lowest BCUT2D eigenvalue weighted by molar-refractivity contribution is 0.755. The highest BCUT2D eigenvalue weighted by molar-refractivity contribution is 5.75. The van der Waals surface area contributed by atoms with E-state index in [9.17, 15) is 0 Å². The molecule has 6 N–H and O–H groups in total. The summed E-state index contributed by atoms with van der Waals surface area (Å²) in [4.78, 5) is 3.78. The van der Waals surface area contributed by atoms with E-state index in [1.54, 1.807) is 0 Å². The minimum atomic E-state index is 0.159. The van der Waals surface area contributed by atoms with Crippen molar-refractivity contribution in [1.82, 2.24) is 0 Å².